The molecule has 1 aliphatic rings. The summed E-state index contributed by atoms with van der Waals surface area (Å²) in [4.78, 5) is 33.1. The molecule has 0 bridgehead atoms. The number of hydrogen-bond donors (Lipinski definition) is 3. The number of imidazole rings is 1. The number of aromatic nitrogens is 4. The summed E-state index contributed by atoms with van der Waals surface area (Å²) < 4.78 is 26.7. The standard InChI is InChI=1S/C19H20FN5O6/c1-30-17(28)10-4-2-3-9(5-10)7-24-11-6-22-18(21)23-15(11)25(19(24)29)16-14(27)13(20)12(8-26)31-16/h2-6,12-14,16,26-27H,7-8H2,1H3,(H2,21,22,23)/t12-,13-,14-,16-/m1/s1. The molecule has 164 valence electrons. The third-order valence-electron chi connectivity index (χ3n) is 5.14. The van der Waals surface area contributed by atoms with Crippen LogP contribution in [0.2, 0.25) is 0 Å². The summed E-state index contributed by atoms with van der Waals surface area (Å²) in [5, 5.41) is 19.6. The predicted octanol–water partition coefficient (Wildman–Crippen LogP) is -0.401. The number of nitrogen functional groups attached to an aromatic ring is 1. The van der Waals surface area contributed by atoms with Gasteiger partial charge in [-0.3, -0.25) is 4.57 Å². The molecule has 1 fully saturated rings. The second-order valence-electron chi connectivity index (χ2n) is 7.05. The van der Waals surface area contributed by atoms with Gasteiger partial charge in [-0.05, 0) is 17.7 Å². The fourth-order valence-electron chi connectivity index (χ4n) is 3.62. The fourth-order valence-corrected chi connectivity index (χ4v) is 3.62. The molecule has 4 rings (SSSR count). The molecule has 3 aromatic rings. The Morgan fingerprint density at radius 2 is 2.19 bits per heavy atom. The van der Waals surface area contributed by atoms with Crippen LogP contribution in [0, 0.1) is 0 Å². The number of ether oxygens (including phenoxy) is 2. The van der Waals surface area contributed by atoms with Gasteiger partial charge in [-0.2, -0.15) is 4.98 Å². The maximum absolute atomic E-state index is 14.3. The van der Waals surface area contributed by atoms with Crippen LogP contribution >= 0.6 is 0 Å². The number of rotatable bonds is 5. The van der Waals surface area contributed by atoms with Crippen molar-refractivity contribution in [2.45, 2.75) is 31.2 Å². The molecular weight excluding hydrogens is 413 g/mol. The maximum Gasteiger partial charge on any atom is 0.337 e. The molecule has 1 aromatic carbocycles. The Labute approximate surface area is 174 Å². The van der Waals surface area contributed by atoms with Crippen molar-refractivity contribution in [3.8, 4) is 0 Å². The third-order valence-corrected chi connectivity index (χ3v) is 5.14. The van der Waals surface area contributed by atoms with Crippen molar-refractivity contribution in [3.63, 3.8) is 0 Å². The van der Waals surface area contributed by atoms with Gasteiger partial charge in [0.25, 0.3) is 0 Å². The molecule has 2 aromatic heterocycles. The van der Waals surface area contributed by atoms with Gasteiger partial charge in [0.2, 0.25) is 5.95 Å². The van der Waals surface area contributed by atoms with E-state index in [1.54, 1.807) is 24.3 Å². The minimum Gasteiger partial charge on any atom is -0.465 e. The Hall–Kier alpha value is -3.35. The summed E-state index contributed by atoms with van der Waals surface area (Å²) in [5.41, 5.74) is 6.22. The van der Waals surface area contributed by atoms with E-state index >= 15 is 0 Å². The minimum absolute atomic E-state index is 0.0196. The number of halogens is 1. The number of fused-ring (bicyclic) bond motifs is 1. The van der Waals surface area contributed by atoms with Crippen LogP contribution in [0.4, 0.5) is 10.3 Å². The number of aliphatic hydroxyl groups is 2. The number of alkyl halides is 1. The largest absolute Gasteiger partial charge is 0.465 e. The van der Waals surface area contributed by atoms with E-state index in [4.69, 9.17) is 15.2 Å². The number of anilines is 1. The van der Waals surface area contributed by atoms with Crippen LogP contribution in [0.5, 0.6) is 0 Å². The van der Waals surface area contributed by atoms with Crippen LogP contribution in [-0.4, -0.2) is 67.4 Å². The van der Waals surface area contributed by atoms with E-state index in [2.05, 4.69) is 9.97 Å². The molecule has 12 heteroatoms. The molecule has 0 spiro atoms. The summed E-state index contributed by atoms with van der Waals surface area (Å²) in [6.45, 7) is -0.648. The van der Waals surface area contributed by atoms with Crippen LogP contribution in [-0.2, 0) is 16.0 Å². The zero-order valence-corrected chi connectivity index (χ0v) is 16.4. The van der Waals surface area contributed by atoms with Crippen LogP contribution < -0.4 is 11.4 Å². The molecule has 1 saturated heterocycles. The second kappa shape index (κ2) is 8.06. The van der Waals surface area contributed by atoms with E-state index in [-0.39, 0.29) is 23.7 Å². The molecular formula is C19H20FN5O6. The minimum atomic E-state index is -1.89. The van der Waals surface area contributed by atoms with Gasteiger partial charge in [-0.1, -0.05) is 12.1 Å². The molecule has 0 unspecified atom stereocenters. The van der Waals surface area contributed by atoms with E-state index in [9.17, 15) is 24.2 Å². The SMILES string of the molecule is COC(=O)c1cccc(Cn2c(=O)n([C@@H]3O[C@H](CO)[C@@H](F)[C@H]3O)c3nc(N)ncc32)c1. The molecule has 31 heavy (non-hydrogen) atoms. The van der Waals surface area contributed by atoms with Crippen molar-refractivity contribution in [3.05, 3.63) is 52.1 Å². The first kappa shape index (κ1) is 20.9. The van der Waals surface area contributed by atoms with Gasteiger partial charge in [0.05, 0.1) is 32.0 Å². The lowest BCUT2D eigenvalue weighted by atomic mass is 10.1. The van der Waals surface area contributed by atoms with Crippen molar-refractivity contribution in [1.29, 1.82) is 0 Å². The summed E-state index contributed by atoms with van der Waals surface area (Å²) >= 11 is 0. The highest BCUT2D eigenvalue weighted by molar-refractivity contribution is 5.89. The number of benzene rings is 1. The highest BCUT2D eigenvalue weighted by Crippen LogP contribution is 2.32. The molecule has 4 atom stereocenters. The van der Waals surface area contributed by atoms with Crippen LogP contribution in [0.1, 0.15) is 22.1 Å². The second-order valence-corrected chi connectivity index (χ2v) is 7.05. The highest BCUT2D eigenvalue weighted by atomic mass is 19.1. The van der Waals surface area contributed by atoms with Gasteiger partial charge < -0.3 is 25.4 Å². The van der Waals surface area contributed by atoms with Gasteiger partial charge in [0.1, 0.15) is 17.7 Å². The van der Waals surface area contributed by atoms with E-state index in [0.29, 0.717) is 11.1 Å². The summed E-state index contributed by atoms with van der Waals surface area (Å²) in [6, 6.07) is 6.49. The molecule has 3 heterocycles. The number of aliphatic hydroxyl groups excluding tert-OH is 2. The first-order valence-corrected chi connectivity index (χ1v) is 9.34. The molecule has 1 aliphatic heterocycles. The Balaban J connectivity index is 1.82. The predicted molar refractivity (Wildman–Crippen MR) is 105 cm³/mol. The Kier molecular flexibility index (Phi) is 5.43. The number of methoxy groups -OCH3 is 1. The first-order chi connectivity index (χ1) is 14.8. The smallest absolute Gasteiger partial charge is 0.337 e. The van der Waals surface area contributed by atoms with Gasteiger partial charge in [0.15, 0.2) is 18.0 Å². The quantitative estimate of drug-likeness (QED) is 0.456. The van der Waals surface area contributed by atoms with Crippen LogP contribution in [0.3, 0.4) is 0 Å². The Morgan fingerprint density at radius 1 is 1.42 bits per heavy atom. The number of nitrogens with zero attached hydrogens (tertiary/aromatic N) is 4. The lowest BCUT2D eigenvalue weighted by molar-refractivity contribution is -0.0513. The van der Waals surface area contributed by atoms with Gasteiger partial charge in [-0.15, -0.1) is 0 Å². The molecule has 0 radical (unpaired) electrons. The maximum atomic E-state index is 14.3. The highest BCUT2D eigenvalue weighted by Gasteiger charge is 2.46. The van der Waals surface area contributed by atoms with Crippen LogP contribution in [0.25, 0.3) is 11.2 Å². The summed E-state index contributed by atoms with van der Waals surface area (Å²) in [5.74, 6) is -0.659. The lowest BCUT2D eigenvalue weighted by Gasteiger charge is -2.15. The number of hydrogen-bond acceptors (Lipinski definition) is 9. The summed E-state index contributed by atoms with van der Waals surface area (Å²) in [6.07, 6.45) is -4.97. The normalized spacial score (nSPS) is 23.4. The Morgan fingerprint density at radius 3 is 2.87 bits per heavy atom. The molecule has 0 saturated carbocycles. The molecule has 11 nitrogen and oxygen atoms in total. The van der Waals surface area contributed by atoms with Crippen molar-refractivity contribution < 1.29 is 28.9 Å². The van der Waals surface area contributed by atoms with Crippen molar-refractivity contribution >= 4 is 23.1 Å². The van der Waals surface area contributed by atoms with Crippen molar-refractivity contribution in [1.82, 2.24) is 19.1 Å². The molecule has 0 aliphatic carbocycles. The number of carbonyl (C=O) groups is 1. The van der Waals surface area contributed by atoms with E-state index in [1.165, 1.54) is 17.9 Å². The molecule has 4 N–H and O–H groups in total. The average molecular weight is 433 g/mol. The number of esters is 1. The van der Waals surface area contributed by atoms with Crippen molar-refractivity contribution in [2.24, 2.45) is 0 Å². The Bertz CT molecular complexity index is 1190. The zero-order valence-electron chi connectivity index (χ0n) is 16.4. The first-order valence-electron chi connectivity index (χ1n) is 9.34. The third kappa shape index (κ3) is 3.54. The molecule has 0 amide bonds. The number of nitrogens with two attached hydrogens (primary N) is 1. The average Bonchev–Trinajstić information content (AvgIpc) is 3.20. The fraction of sp³-hybridized carbons (Fsp3) is 0.368. The van der Waals surface area contributed by atoms with Gasteiger partial charge in [0, 0.05) is 0 Å². The number of carbonyl (C=O) groups excluding carboxylic acids is 1. The topological polar surface area (TPSA) is 155 Å². The van der Waals surface area contributed by atoms with Crippen LogP contribution in [0.15, 0.2) is 35.3 Å². The van der Waals surface area contributed by atoms with Gasteiger partial charge in [-0.25, -0.2) is 23.5 Å². The van der Waals surface area contributed by atoms with Gasteiger partial charge >= 0.3 is 11.7 Å². The van der Waals surface area contributed by atoms with E-state index in [1.807, 2.05) is 0 Å². The lowest BCUT2D eigenvalue weighted by Crippen LogP contribution is -2.34. The van der Waals surface area contributed by atoms with E-state index < -0.39 is 42.9 Å². The zero-order chi connectivity index (χ0) is 22.3. The summed E-state index contributed by atoms with van der Waals surface area (Å²) in [7, 11) is 1.26. The van der Waals surface area contributed by atoms with E-state index in [0.717, 1.165) is 4.57 Å². The monoisotopic (exact) mass is 433 g/mol. The van der Waals surface area contributed by atoms with Crippen molar-refractivity contribution in [2.75, 3.05) is 19.5 Å².